The van der Waals surface area contributed by atoms with Crippen LogP contribution in [0.25, 0.3) is 0 Å². The Morgan fingerprint density at radius 1 is 1.38 bits per heavy atom. The summed E-state index contributed by atoms with van der Waals surface area (Å²) in [7, 11) is 0. The van der Waals surface area contributed by atoms with Gasteiger partial charge in [0.2, 0.25) is 0 Å². The van der Waals surface area contributed by atoms with Crippen molar-refractivity contribution in [2.75, 3.05) is 12.0 Å². The fraction of sp³-hybridized carbons (Fsp3) is 0.333. The molecule has 4 heteroatoms. The van der Waals surface area contributed by atoms with Crippen molar-refractivity contribution < 1.29 is 13.9 Å². The van der Waals surface area contributed by atoms with Crippen LogP contribution in [0.15, 0.2) is 18.2 Å². The van der Waals surface area contributed by atoms with Crippen molar-refractivity contribution in [2.24, 2.45) is 0 Å². The maximum atomic E-state index is 13.0. The number of halogens is 2. The van der Waals surface area contributed by atoms with Crippen molar-refractivity contribution in [1.29, 1.82) is 0 Å². The van der Waals surface area contributed by atoms with Crippen LogP contribution in [0.1, 0.15) is 11.7 Å². The molecule has 0 aliphatic rings. The molecule has 0 fully saturated rings. The van der Waals surface area contributed by atoms with Crippen molar-refractivity contribution in [1.82, 2.24) is 0 Å². The lowest BCUT2D eigenvalue weighted by Crippen LogP contribution is -2.06. The Labute approximate surface area is 79.8 Å². The Kier molecular flexibility index (Phi) is 3.69. The fourth-order valence-electron chi connectivity index (χ4n) is 1.07. The maximum absolute atomic E-state index is 13.0. The molecule has 1 aromatic rings. The summed E-state index contributed by atoms with van der Waals surface area (Å²) < 4.78 is 26.0. The molecule has 1 N–H and O–H groups in total. The van der Waals surface area contributed by atoms with Crippen LogP contribution >= 0.6 is 11.8 Å². The Morgan fingerprint density at radius 2 is 1.92 bits per heavy atom. The molecular formula is C9H10F2OS. The topological polar surface area (TPSA) is 20.2 Å². The second-order valence-corrected chi connectivity index (χ2v) is 3.52. The molecule has 1 aromatic carbocycles. The predicted molar refractivity (Wildman–Crippen MR) is 49.7 cm³/mol. The molecule has 0 aromatic heterocycles. The predicted octanol–water partition coefficient (Wildman–Crippen LogP) is 2.36. The monoisotopic (exact) mass is 204 g/mol. The van der Waals surface area contributed by atoms with E-state index in [9.17, 15) is 13.9 Å². The number of rotatable bonds is 3. The molecular weight excluding hydrogens is 194 g/mol. The van der Waals surface area contributed by atoms with E-state index in [0.29, 0.717) is 0 Å². The molecule has 1 rings (SSSR count). The maximum Gasteiger partial charge on any atom is 0.131 e. The van der Waals surface area contributed by atoms with Crippen LogP contribution in [0, 0.1) is 11.6 Å². The van der Waals surface area contributed by atoms with Crippen LogP contribution in [-0.4, -0.2) is 17.1 Å². The van der Waals surface area contributed by atoms with Crippen molar-refractivity contribution in [2.45, 2.75) is 6.10 Å². The third kappa shape index (κ3) is 2.42. The minimum absolute atomic E-state index is 0.239. The average molecular weight is 204 g/mol. The van der Waals surface area contributed by atoms with Gasteiger partial charge in [0.1, 0.15) is 11.6 Å². The molecule has 0 amide bonds. The molecule has 0 radical (unpaired) electrons. The zero-order chi connectivity index (χ0) is 9.84. The van der Waals surface area contributed by atoms with E-state index in [1.165, 1.54) is 17.8 Å². The van der Waals surface area contributed by atoms with Crippen LogP contribution in [0.5, 0.6) is 0 Å². The highest BCUT2D eigenvalue weighted by molar-refractivity contribution is 7.98. The van der Waals surface area contributed by atoms with E-state index in [1.807, 2.05) is 0 Å². The Hall–Kier alpha value is -0.610. The first kappa shape index (κ1) is 10.5. The quantitative estimate of drug-likeness (QED) is 0.815. The van der Waals surface area contributed by atoms with Crippen molar-refractivity contribution in [3.8, 4) is 0 Å². The number of hydrogen-bond donors (Lipinski definition) is 1. The van der Waals surface area contributed by atoms with E-state index in [1.54, 1.807) is 6.26 Å². The average Bonchev–Trinajstić information content (AvgIpc) is 2.04. The minimum atomic E-state index is -1.07. The zero-order valence-electron chi connectivity index (χ0n) is 7.13. The molecule has 0 saturated heterocycles. The van der Waals surface area contributed by atoms with Gasteiger partial charge in [-0.3, -0.25) is 0 Å². The Morgan fingerprint density at radius 3 is 2.38 bits per heavy atom. The summed E-state index contributed by atoms with van der Waals surface area (Å²) in [6.07, 6.45) is 0.693. The molecule has 0 aliphatic carbocycles. The van der Waals surface area contributed by atoms with E-state index in [-0.39, 0.29) is 11.3 Å². The van der Waals surface area contributed by atoms with E-state index in [4.69, 9.17) is 0 Å². The van der Waals surface area contributed by atoms with Gasteiger partial charge in [-0.05, 0) is 18.4 Å². The molecule has 0 heterocycles. The number of aliphatic hydroxyl groups excluding tert-OH is 1. The molecule has 1 atom stereocenters. The Bertz CT molecular complexity index is 271. The lowest BCUT2D eigenvalue weighted by atomic mass is 10.1. The first-order valence-corrected chi connectivity index (χ1v) is 5.17. The number of thioether (sulfide) groups is 1. The van der Waals surface area contributed by atoms with Gasteiger partial charge < -0.3 is 5.11 Å². The van der Waals surface area contributed by atoms with Gasteiger partial charge >= 0.3 is 0 Å². The number of aliphatic hydroxyl groups is 1. The van der Waals surface area contributed by atoms with Gasteiger partial charge in [0.15, 0.2) is 0 Å². The molecule has 13 heavy (non-hydrogen) atoms. The van der Waals surface area contributed by atoms with Gasteiger partial charge in [0, 0.05) is 5.75 Å². The summed E-state index contributed by atoms with van der Waals surface area (Å²) >= 11 is 1.34. The lowest BCUT2D eigenvalue weighted by Gasteiger charge is -2.10. The van der Waals surface area contributed by atoms with Gasteiger partial charge in [0.25, 0.3) is 0 Å². The van der Waals surface area contributed by atoms with Crippen LogP contribution in [-0.2, 0) is 0 Å². The minimum Gasteiger partial charge on any atom is -0.387 e. The highest BCUT2D eigenvalue weighted by Gasteiger charge is 2.16. The SMILES string of the molecule is CSCC(O)c1c(F)cccc1F. The van der Waals surface area contributed by atoms with E-state index >= 15 is 0 Å². The molecule has 1 unspecified atom stereocenters. The third-order valence-electron chi connectivity index (χ3n) is 1.66. The normalized spacial score (nSPS) is 12.9. The molecule has 0 spiro atoms. The second kappa shape index (κ2) is 4.58. The summed E-state index contributed by atoms with van der Waals surface area (Å²) in [5.41, 5.74) is -0.239. The molecule has 72 valence electrons. The zero-order valence-corrected chi connectivity index (χ0v) is 7.94. The summed E-state index contributed by atoms with van der Waals surface area (Å²) in [4.78, 5) is 0. The van der Waals surface area contributed by atoms with Gasteiger partial charge in [0.05, 0.1) is 11.7 Å². The largest absolute Gasteiger partial charge is 0.387 e. The first-order valence-electron chi connectivity index (χ1n) is 3.77. The number of benzene rings is 1. The fourth-order valence-corrected chi connectivity index (χ4v) is 1.55. The highest BCUT2D eigenvalue weighted by atomic mass is 32.2. The molecule has 0 aliphatic heterocycles. The third-order valence-corrected chi connectivity index (χ3v) is 2.31. The summed E-state index contributed by atoms with van der Waals surface area (Å²) in [6, 6.07) is 3.56. The van der Waals surface area contributed by atoms with Crippen molar-refractivity contribution in [3.05, 3.63) is 35.4 Å². The molecule has 0 saturated carbocycles. The van der Waals surface area contributed by atoms with Gasteiger partial charge in [-0.2, -0.15) is 11.8 Å². The second-order valence-electron chi connectivity index (χ2n) is 2.61. The summed E-state index contributed by atoms with van der Waals surface area (Å²) in [5.74, 6) is -1.10. The standard InChI is InChI=1S/C9H10F2OS/c1-13-5-8(12)9-6(10)3-2-4-7(9)11/h2-4,8,12H,5H2,1H3. The summed E-state index contributed by atoms with van der Waals surface area (Å²) in [5, 5.41) is 9.38. The Balaban J connectivity index is 2.98. The van der Waals surface area contributed by atoms with Gasteiger partial charge in [-0.15, -0.1) is 0 Å². The molecule has 0 bridgehead atoms. The number of hydrogen-bond acceptors (Lipinski definition) is 2. The highest BCUT2D eigenvalue weighted by Crippen LogP contribution is 2.22. The van der Waals surface area contributed by atoms with E-state index in [0.717, 1.165) is 12.1 Å². The van der Waals surface area contributed by atoms with Gasteiger partial charge in [-0.1, -0.05) is 6.07 Å². The van der Waals surface area contributed by atoms with Crippen LogP contribution < -0.4 is 0 Å². The smallest absolute Gasteiger partial charge is 0.131 e. The van der Waals surface area contributed by atoms with E-state index < -0.39 is 17.7 Å². The van der Waals surface area contributed by atoms with Crippen LogP contribution in [0.2, 0.25) is 0 Å². The lowest BCUT2D eigenvalue weighted by molar-refractivity contribution is 0.193. The van der Waals surface area contributed by atoms with Gasteiger partial charge in [-0.25, -0.2) is 8.78 Å². The molecule has 1 nitrogen and oxygen atoms in total. The van der Waals surface area contributed by atoms with Crippen molar-refractivity contribution in [3.63, 3.8) is 0 Å². The van der Waals surface area contributed by atoms with Crippen LogP contribution in [0.3, 0.4) is 0 Å². The van der Waals surface area contributed by atoms with E-state index in [2.05, 4.69) is 0 Å². The van der Waals surface area contributed by atoms with Crippen LogP contribution in [0.4, 0.5) is 8.78 Å². The summed E-state index contributed by atoms with van der Waals surface area (Å²) in [6.45, 7) is 0. The first-order chi connectivity index (χ1) is 6.16. The van der Waals surface area contributed by atoms with Crippen molar-refractivity contribution >= 4 is 11.8 Å².